The van der Waals surface area contributed by atoms with Gasteiger partial charge in [-0.3, -0.25) is 0 Å². The smallest absolute Gasteiger partial charge is 0.222 e. The molecule has 0 aliphatic rings. The molecule has 1 heterocycles. The van der Waals surface area contributed by atoms with Gasteiger partial charge in [0.1, 0.15) is 10.8 Å². The lowest BCUT2D eigenvalue weighted by atomic mass is 10.2. The summed E-state index contributed by atoms with van der Waals surface area (Å²) in [4.78, 5) is 9.70. The molecular formula is C12H12ClFN4. The van der Waals surface area contributed by atoms with Crippen LogP contribution < -0.4 is 10.6 Å². The summed E-state index contributed by atoms with van der Waals surface area (Å²) in [5, 5.41) is 0.425. The Morgan fingerprint density at radius 1 is 1.33 bits per heavy atom. The molecule has 0 radical (unpaired) electrons. The van der Waals surface area contributed by atoms with E-state index >= 15 is 0 Å². The van der Waals surface area contributed by atoms with Crippen molar-refractivity contribution in [3.05, 3.63) is 46.9 Å². The van der Waals surface area contributed by atoms with Crippen LogP contribution in [0.15, 0.2) is 30.5 Å². The lowest BCUT2D eigenvalue weighted by Gasteiger charge is -2.19. The molecule has 94 valence electrons. The first-order valence-corrected chi connectivity index (χ1v) is 5.67. The minimum Gasteiger partial charge on any atom is -0.368 e. The first-order valence-electron chi connectivity index (χ1n) is 5.30. The Hall–Kier alpha value is -1.88. The number of hydrogen-bond donors (Lipinski definition) is 1. The van der Waals surface area contributed by atoms with Crippen LogP contribution in [0.5, 0.6) is 0 Å². The zero-order chi connectivity index (χ0) is 13.1. The zero-order valence-electron chi connectivity index (χ0n) is 9.77. The van der Waals surface area contributed by atoms with E-state index in [-0.39, 0.29) is 11.8 Å². The van der Waals surface area contributed by atoms with Crippen molar-refractivity contribution in [2.75, 3.05) is 17.7 Å². The van der Waals surface area contributed by atoms with Gasteiger partial charge in [0.2, 0.25) is 5.95 Å². The molecule has 18 heavy (non-hydrogen) atoms. The van der Waals surface area contributed by atoms with E-state index in [0.29, 0.717) is 17.4 Å². The fourth-order valence-electron chi connectivity index (χ4n) is 1.58. The van der Waals surface area contributed by atoms with Gasteiger partial charge in [0.25, 0.3) is 0 Å². The molecule has 0 saturated heterocycles. The van der Waals surface area contributed by atoms with E-state index in [0.717, 1.165) is 5.56 Å². The molecule has 2 N–H and O–H groups in total. The first-order chi connectivity index (χ1) is 8.56. The number of benzene rings is 1. The predicted molar refractivity (Wildman–Crippen MR) is 70.0 cm³/mol. The highest BCUT2D eigenvalue weighted by atomic mass is 35.5. The fourth-order valence-corrected chi connectivity index (χ4v) is 1.81. The van der Waals surface area contributed by atoms with E-state index in [4.69, 9.17) is 17.3 Å². The summed E-state index contributed by atoms with van der Waals surface area (Å²) in [5.74, 6) is 0.458. The summed E-state index contributed by atoms with van der Waals surface area (Å²) in [6.45, 7) is 0.552. The Morgan fingerprint density at radius 2 is 2.00 bits per heavy atom. The second-order valence-corrected chi connectivity index (χ2v) is 4.29. The average molecular weight is 267 g/mol. The Labute approximate surface area is 109 Å². The highest BCUT2D eigenvalue weighted by Gasteiger charge is 2.09. The fraction of sp³-hybridized carbons (Fsp3) is 0.167. The minimum atomic E-state index is -0.259. The molecule has 0 unspecified atom stereocenters. The van der Waals surface area contributed by atoms with Crippen LogP contribution in [-0.2, 0) is 6.54 Å². The molecule has 4 nitrogen and oxygen atoms in total. The third-order valence-electron chi connectivity index (χ3n) is 2.44. The molecule has 0 aliphatic carbocycles. The molecular weight excluding hydrogens is 255 g/mol. The Kier molecular flexibility index (Phi) is 3.62. The van der Waals surface area contributed by atoms with Crippen LogP contribution >= 0.6 is 11.6 Å². The van der Waals surface area contributed by atoms with E-state index < -0.39 is 0 Å². The van der Waals surface area contributed by atoms with Crippen LogP contribution in [-0.4, -0.2) is 17.0 Å². The molecule has 0 aliphatic heterocycles. The Balaban J connectivity index is 2.18. The number of aromatic nitrogens is 2. The van der Waals surface area contributed by atoms with E-state index in [1.165, 1.54) is 18.3 Å². The van der Waals surface area contributed by atoms with Gasteiger partial charge in [-0.2, -0.15) is 4.98 Å². The maximum atomic E-state index is 12.8. The molecule has 0 spiro atoms. The third kappa shape index (κ3) is 2.87. The first kappa shape index (κ1) is 12.6. The molecule has 0 amide bonds. The molecule has 0 atom stereocenters. The van der Waals surface area contributed by atoms with Crippen LogP contribution in [0.2, 0.25) is 5.02 Å². The minimum absolute atomic E-state index is 0.167. The maximum Gasteiger partial charge on any atom is 0.222 e. The molecule has 1 aromatic carbocycles. The topological polar surface area (TPSA) is 55.0 Å². The summed E-state index contributed by atoms with van der Waals surface area (Å²) in [5.41, 5.74) is 6.47. The monoisotopic (exact) mass is 266 g/mol. The molecule has 2 aromatic rings. The number of nitrogen functional groups attached to an aromatic ring is 1. The van der Waals surface area contributed by atoms with Gasteiger partial charge in [0.15, 0.2) is 5.82 Å². The van der Waals surface area contributed by atoms with Crippen molar-refractivity contribution < 1.29 is 4.39 Å². The van der Waals surface area contributed by atoms with Crippen LogP contribution in [0.3, 0.4) is 0 Å². The number of anilines is 2. The van der Waals surface area contributed by atoms with Gasteiger partial charge in [-0.05, 0) is 17.7 Å². The van der Waals surface area contributed by atoms with Crippen molar-refractivity contribution in [3.63, 3.8) is 0 Å². The van der Waals surface area contributed by atoms with Crippen molar-refractivity contribution in [2.45, 2.75) is 6.54 Å². The number of rotatable bonds is 3. The van der Waals surface area contributed by atoms with Crippen LogP contribution in [0.4, 0.5) is 16.2 Å². The molecule has 2 rings (SSSR count). The van der Waals surface area contributed by atoms with Gasteiger partial charge in [-0.15, -0.1) is 0 Å². The van der Waals surface area contributed by atoms with E-state index in [1.807, 2.05) is 11.9 Å². The average Bonchev–Trinajstić information content (AvgIpc) is 2.35. The molecule has 0 bridgehead atoms. The van der Waals surface area contributed by atoms with Gasteiger partial charge >= 0.3 is 0 Å². The Morgan fingerprint density at radius 3 is 2.67 bits per heavy atom. The second kappa shape index (κ2) is 5.18. The highest BCUT2D eigenvalue weighted by Crippen LogP contribution is 2.23. The van der Waals surface area contributed by atoms with Crippen LogP contribution in [0, 0.1) is 5.82 Å². The van der Waals surface area contributed by atoms with Gasteiger partial charge < -0.3 is 10.6 Å². The van der Waals surface area contributed by atoms with Crippen molar-refractivity contribution in [2.24, 2.45) is 0 Å². The van der Waals surface area contributed by atoms with Gasteiger partial charge in [0, 0.05) is 13.6 Å². The lowest BCUT2D eigenvalue weighted by Crippen LogP contribution is -2.19. The van der Waals surface area contributed by atoms with Gasteiger partial charge in [0.05, 0.1) is 6.20 Å². The number of nitrogens with two attached hydrogens (primary N) is 1. The molecule has 0 saturated carbocycles. The van der Waals surface area contributed by atoms with Crippen molar-refractivity contribution in [1.82, 2.24) is 9.97 Å². The van der Waals surface area contributed by atoms with E-state index in [9.17, 15) is 4.39 Å². The second-order valence-electron chi connectivity index (χ2n) is 3.88. The lowest BCUT2D eigenvalue weighted by molar-refractivity contribution is 0.627. The third-order valence-corrected chi connectivity index (χ3v) is 2.71. The number of hydrogen-bond acceptors (Lipinski definition) is 4. The Bertz CT molecular complexity index is 544. The van der Waals surface area contributed by atoms with Crippen molar-refractivity contribution in [3.8, 4) is 0 Å². The molecule has 6 heteroatoms. The number of halogens is 2. The summed E-state index contributed by atoms with van der Waals surface area (Å²) in [7, 11) is 1.83. The predicted octanol–water partition coefficient (Wildman–Crippen LogP) is 2.49. The molecule has 1 aromatic heterocycles. The normalized spacial score (nSPS) is 10.4. The van der Waals surface area contributed by atoms with E-state index in [2.05, 4.69) is 9.97 Å². The quantitative estimate of drug-likeness (QED) is 0.927. The van der Waals surface area contributed by atoms with Crippen molar-refractivity contribution >= 4 is 23.4 Å². The van der Waals surface area contributed by atoms with Gasteiger partial charge in [-0.25, -0.2) is 9.37 Å². The summed E-state index contributed by atoms with van der Waals surface area (Å²) in [6, 6.07) is 6.26. The summed E-state index contributed by atoms with van der Waals surface area (Å²) in [6.07, 6.45) is 1.46. The van der Waals surface area contributed by atoms with Crippen LogP contribution in [0.1, 0.15) is 5.56 Å². The maximum absolute atomic E-state index is 12.8. The zero-order valence-corrected chi connectivity index (χ0v) is 10.5. The summed E-state index contributed by atoms with van der Waals surface area (Å²) >= 11 is 6.00. The largest absolute Gasteiger partial charge is 0.368 e. The van der Waals surface area contributed by atoms with Crippen molar-refractivity contribution in [1.29, 1.82) is 0 Å². The highest BCUT2D eigenvalue weighted by molar-refractivity contribution is 6.32. The molecule has 0 fully saturated rings. The van der Waals surface area contributed by atoms with Crippen LogP contribution in [0.25, 0.3) is 0 Å². The van der Waals surface area contributed by atoms with Gasteiger partial charge in [-0.1, -0.05) is 23.7 Å². The SMILES string of the molecule is CN(Cc1ccc(F)cc1)c1nc(N)ncc1Cl. The van der Waals surface area contributed by atoms with E-state index in [1.54, 1.807) is 12.1 Å². The number of nitrogens with zero attached hydrogens (tertiary/aromatic N) is 3. The standard InChI is InChI=1S/C12H12ClFN4/c1-18(7-8-2-4-9(14)5-3-8)11-10(13)6-16-12(15)17-11/h2-6H,7H2,1H3,(H2,15,16,17). The summed E-state index contributed by atoms with van der Waals surface area (Å²) < 4.78 is 12.8.